The Morgan fingerprint density at radius 2 is 0.907 bits per heavy atom. The van der Waals surface area contributed by atoms with Crippen LogP contribution in [-0.4, -0.2) is 233 Å². The van der Waals surface area contributed by atoms with Crippen molar-refractivity contribution >= 4 is 53.2 Å². The van der Waals surface area contributed by atoms with Crippen molar-refractivity contribution in [3.05, 3.63) is 112 Å². The number of methoxy groups -OCH3 is 4. The molecular formula is C63H58F17N5O22. The third kappa shape index (κ3) is 17.2. The number of hydrogen-bond acceptors (Lipinski definition) is 25. The van der Waals surface area contributed by atoms with E-state index in [4.69, 9.17) is 66.4 Å². The van der Waals surface area contributed by atoms with Gasteiger partial charge < -0.3 is 66.8 Å². The van der Waals surface area contributed by atoms with E-state index >= 15 is 0 Å². The van der Waals surface area contributed by atoms with E-state index in [1.165, 1.54) is 38.6 Å². The molecule has 0 unspecified atom stereocenters. The number of halogens is 17. The minimum absolute atomic E-state index is 0.000524. The van der Waals surface area contributed by atoms with Crippen LogP contribution in [0.15, 0.2) is 61.1 Å². The molecule has 0 amide bonds. The van der Waals surface area contributed by atoms with Crippen molar-refractivity contribution in [1.82, 2.24) is 24.9 Å². The monoisotopic (exact) mass is 1560 g/mol. The van der Waals surface area contributed by atoms with Crippen LogP contribution in [0.25, 0.3) is 22.5 Å². The van der Waals surface area contributed by atoms with E-state index in [2.05, 4.69) is 24.9 Å². The molecule has 2 saturated heterocycles. The highest BCUT2D eigenvalue weighted by molar-refractivity contribution is 6.16. The Bertz CT molecular complexity index is 4030. The minimum Gasteiger partial charge on any atom is -0.465 e. The SMILES string of the molecule is COC(=O)c1cc2c([nH]1)-c1c(C(=O)OC)cc(C(=O)COCCOCCOCCOCCCCC(=O)CCC(F)(F)C(F)(F)C(F)(F)C(F)(F)C(F)(F)C(F)(F)C(F)(F)C(F)(F)F)nc1C(=O)C21OCCO1.COC(=O)c1cc2c([nH]1)-c1c(C(=O)OC)ccnc1C(=O)C21OCCO1.O=C=O.c1ccncc1. The number of fused-ring (bicyclic) bond motifs is 8. The van der Waals surface area contributed by atoms with Crippen LogP contribution in [0.3, 0.4) is 0 Å². The minimum atomic E-state index is -8.73. The molecule has 5 aromatic rings. The van der Waals surface area contributed by atoms with Gasteiger partial charge in [-0.3, -0.25) is 29.1 Å². The molecule has 107 heavy (non-hydrogen) atoms. The first-order chi connectivity index (χ1) is 50.1. The normalized spacial score (nSPS) is 15.2. The number of alkyl halides is 17. The number of pyridine rings is 3. The zero-order chi connectivity index (χ0) is 79.9. The van der Waals surface area contributed by atoms with Crippen molar-refractivity contribution < 1.29 is 179 Å². The molecule has 5 aromatic heterocycles. The average molecular weight is 1560 g/mol. The fraction of sp³-hybridized carbons (Fsp3) is 0.492. The first kappa shape index (κ1) is 86.4. The van der Waals surface area contributed by atoms with Crippen molar-refractivity contribution in [1.29, 1.82) is 0 Å². The summed E-state index contributed by atoms with van der Waals surface area (Å²) in [6.07, 6.45) is -8.51. The molecule has 9 rings (SSSR count). The summed E-state index contributed by atoms with van der Waals surface area (Å²) in [6, 6.07) is 10.9. The van der Waals surface area contributed by atoms with Gasteiger partial charge in [0.1, 0.15) is 40.9 Å². The zero-order valence-electron chi connectivity index (χ0n) is 55.5. The van der Waals surface area contributed by atoms with Crippen LogP contribution in [-0.2, 0) is 82.8 Å². The Morgan fingerprint density at radius 3 is 1.34 bits per heavy atom. The fourth-order valence-electron chi connectivity index (χ4n) is 10.3. The molecule has 0 atom stereocenters. The second-order valence-electron chi connectivity index (χ2n) is 22.1. The molecule has 0 saturated carbocycles. The van der Waals surface area contributed by atoms with Crippen molar-refractivity contribution in [2.75, 3.05) is 108 Å². The number of unbranched alkanes of at least 4 members (excludes halogenated alkanes) is 1. The number of aromatic amines is 2. The Kier molecular flexibility index (Phi) is 28.2. The summed E-state index contributed by atoms with van der Waals surface area (Å²) in [6.45, 7) is -0.733. The molecular weight excluding hydrogens is 1500 g/mol. The summed E-state index contributed by atoms with van der Waals surface area (Å²) in [5, 5.41) is 0. The van der Waals surface area contributed by atoms with Crippen LogP contribution in [0.2, 0.25) is 0 Å². The molecule has 0 aromatic carbocycles. The number of esters is 4. The first-order valence-electron chi connectivity index (χ1n) is 30.5. The van der Waals surface area contributed by atoms with Gasteiger partial charge in [0.05, 0.1) is 117 Å². The molecule has 586 valence electrons. The Balaban J connectivity index is 0.000000413. The highest BCUT2D eigenvalue weighted by Crippen LogP contribution is 2.64. The van der Waals surface area contributed by atoms with Crippen molar-refractivity contribution in [2.24, 2.45) is 0 Å². The van der Waals surface area contributed by atoms with Gasteiger partial charge in [0.2, 0.25) is 17.3 Å². The van der Waals surface area contributed by atoms with Crippen LogP contribution in [0.5, 0.6) is 0 Å². The first-order valence-corrected chi connectivity index (χ1v) is 30.5. The molecule has 2 aliphatic carbocycles. The van der Waals surface area contributed by atoms with Crippen LogP contribution in [0.1, 0.15) is 116 Å². The maximum absolute atomic E-state index is 14.1. The quantitative estimate of drug-likeness (QED) is 0.0142. The van der Waals surface area contributed by atoms with Gasteiger partial charge in [0, 0.05) is 66.7 Å². The van der Waals surface area contributed by atoms with E-state index in [1.807, 2.05) is 18.2 Å². The number of H-pyrrole nitrogens is 2. The number of nitrogens with one attached hydrogen (secondary N) is 2. The third-order valence-corrected chi connectivity index (χ3v) is 15.6. The molecule has 2 fully saturated rings. The van der Waals surface area contributed by atoms with E-state index in [9.17, 15) is 113 Å². The largest absolute Gasteiger partial charge is 0.465 e. The Labute approximate surface area is 589 Å². The molecule has 2 spiro atoms. The number of ketones is 4. The lowest BCUT2D eigenvalue weighted by molar-refractivity contribution is -0.461. The molecule has 2 aliphatic heterocycles. The second-order valence-corrected chi connectivity index (χ2v) is 22.1. The Morgan fingerprint density at radius 1 is 0.495 bits per heavy atom. The molecule has 44 heteroatoms. The summed E-state index contributed by atoms with van der Waals surface area (Å²) in [4.78, 5) is 136. The van der Waals surface area contributed by atoms with E-state index in [0.717, 1.165) is 20.3 Å². The maximum Gasteiger partial charge on any atom is 0.460 e. The number of Topliss-reactive ketones (excluding diaryl/α,β-unsaturated/α-hetero) is 4. The van der Waals surface area contributed by atoms with E-state index in [-0.39, 0.29) is 148 Å². The number of hydrogen-bond donors (Lipinski definition) is 2. The van der Waals surface area contributed by atoms with Crippen LogP contribution < -0.4 is 0 Å². The van der Waals surface area contributed by atoms with Gasteiger partial charge in [-0.05, 0) is 49.2 Å². The molecule has 0 bridgehead atoms. The number of nitrogens with zero attached hydrogens (tertiary/aromatic N) is 3. The van der Waals surface area contributed by atoms with E-state index < -0.39 is 138 Å². The van der Waals surface area contributed by atoms with Crippen LogP contribution in [0, 0.1) is 0 Å². The number of carbonyl (C=O) groups is 8. The van der Waals surface area contributed by atoms with Gasteiger partial charge in [-0.2, -0.15) is 84.2 Å². The molecule has 2 N–H and O–H groups in total. The standard InChI is InChI=1S/C40H39F17N2O13.C17H14N2O7.C5H5N.CO2/c1-65-30(63)21-17-23(58-28-26(21)27-22(18-24(59-27)31(64)66-2)33(29(28)62)71-15-16-72-33)25(61)19-70-14-13-69-12-11-68-10-9-67-8-4-3-5-20(60)6-7-32(41,42)34(43,44)35(45,46)36(47,48)37(49,50)38(51,52)39(53,54)40(55,56)57;1-23-15(21)8-3-4-18-13-11(8)12-9(7-10(19-12)16(22)24-2)17(14(13)20)25-5-6-26-17;1-2-4-6-5-3-1;2-1-3/h17-18,59H,3-16,19H2,1-2H3;3-4,7,19H,5-6H2,1-2H3;1-5H;. The summed E-state index contributed by atoms with van der Waals surface area (Å²) in [5.41, 5.74) is -0.0203. The lowest BCUT2D eigenvalue weighted by Gasteiger charge is -2.42. The maximum atomic E-state index is 14.1. The lowest BCUT2D eigenvalue weighted by Crippen LogP contribution is -2.74. The van der Waals surface area contributed by atoms with Crippen molar-refractivity contribution in [3.63, 3.8) is 0 Å². The number of rotatable bonds is 30. The third-order valence-electron chi connectivity index (χ3n) is 15.6. The van der Waals surface area contributed by atoms with Gasteiger partial charge in [-0.15, -0.1) is 0 Å². The van der Waals surface area contributed by atoms with Gasteiger partial charge in [-0.25, -0.2) is 24.2 Å². The lowest BCUT2D eigenvalue weighted by atomic mass is 9.84. The summed E-state index contributed by atoms with van der Waals surface area (Å²) in [7, 11) is 4.65. The predicted molar refractivity (Wildman–Crippen MR) is 315 cm³/mol. The highest BCUT2D eigenvalue weighted by Gasteiger charge is 2.95. The molecule has 0 radical (unpaired) electrons. The number of ether oxygens (including phenoxy) is 12. The second kappa shape index (κ2) is 35.0. The van der Waals surface area contributed by atoms with Gasteiger partial charge in [-0.1, -0.05) is 6.07 Å². The van der Waals surface area contributed by atoms with E-state index in [0.29, 0.717) is 11.3 Å². The van der Waals surface area contributed by atoms with Crippen molar-refractivity contribution in [3.8, 4) is 22.5 Å². The Hall–Kier alpha value is -9.56. The topological polar surface area (TPSA) is 352 Å². The highest BCUT2D eigenvalue weighted by atomic mass is 19.4. The van der Waals surface area contributed by atoms with Gasteiger partial charge in [0.15, 0.2) is 0 Å². The number of aromatic nitrogens is 5. The average Bonchev–Trinajstić information content (AvgIpc) is 1.07. The van der Waals surface area contributed by atoms with Gasteiger partial charge >= 0.3 is 77.7 Å². The van der Waals surface area contributed by atoms with Gasteiger partial charge in [0.25, 0.3) is 11.6 Å². The van der Waals surface area contributed by atoms with Crippen molar-refractivity contribution in [2.45, 2.75) is 91.3 Å². The summed E-state index contributed by atoms with van der Waals surface area (Å²) < 4.78 is 291. The predicted octanol–water partition coefficient (Wildman–Crippen LogP) is 9.37. The number of carbonyl (C=O) groups excluding carboxylic acids is 10. The smallest absolute Gasteiger partial charge is 0.460 e. The molecule has 27 nitrogen and oxygen atoms in total. The fourth-order valence-corrected chi connectivity index (χ4v) is 10.3. The van der Waals surface area contributed by atoms with Crippen LogP contribution in [0.4, 0.5) is 74.6 Å². The summed E-state index contributed by atoms with van der Waals surface area (Å²) in [5.74, 6) is -67.6. The molecule has 7 heterocycles. The summed E-state index contributed by atoms with van der Waals surface area (Å²) >= 11 is 0. The van der Waals surface area contributed by atoms with E-state index in [1.54, 1.807) is 12.4 Å². The molecule has 4 aliphatic rings. The van der Waals surface area contributed by atoms with Crippen LogP contribution >= 0.6 is 0 Å². The zero-order valence-corrected chi connectivity index (χ0v) is 55.5.